The summed E-state index contributed by atoms with van der Waals surface area (Å²) >= 11 is 0. The third-order valence-corrected chi connectivity index (χ3v) is 2.14. The van der Waals surface area contributed by atoms with E-state index in [4.69, 9.17) is 5.11 Å². The van der Waals surface area contributed by atoms with Crippen LogP contribution in [0.15, 0.2) is 24.3 Å². The summed E-state index contributed by atoms with van der Waals surface area (Å²) in [5.74, 6) is 0. The number of hydrogen-bond donors (Lipinski definition) is 2. The second-order valence-corrected chi connectivity index (χ2v) is 3.14. The molecular formula is C12H15NO2. The summed E-state index contributed by atoms with van der Waals surface area (Å²) in [5.41, 5.74) is 3.00. The molecule has 0 spiro atoms. The molecule has 2 N–H and O–H groups in total. The molecule has 15 heavy (non-hydrogen) atoms. The predicted octanol–water partition coefficient (Wildman–Crippen LogP) is 1.48. The molecule has 3 heteroatoms. The van der Waals surface area contributed by atoms with Crippen molar-refractivity contribution in [3.8, 4) is 0 Å². The van der Waals surface area contributed by atoms with Crippen molar-refractivity contribution < 1.29 is 9.90 Å². The van der Waals surface area contributed by atoms with Crippen molar-refractivity contribution >= 4 is 18.0 Å². The topological polar surface area (TPSA) is 49.3 Å². The van der Waals surface area contributed by atoms with Crippen LogP contribution in [0, 0.1) is 0 Å². The normalized spacial score (nSPS) is 10.5. The quantitative estimate of drug-likeness (QED) is 0.565. The standard InChI is InChI=1S/C12H15NO2/c1-13-12-9-10(6-8-15)4-5-11(12)3-2-7-14/h2-5,7,9,13,15H,6,8H2,1H3/b3-2+. The van der Waals surface area contributed by atoms with E-state index in [-0.39, 0.29) is 6.61 Å². The molecule has 0 aliphatic heterocycles. The van der Waals surface area contributed by atoms with Crippen LogP contribution in [0.1, 0.15) is 11.1 Å². The molecule has 0 aliphatic rings. The SMILES string of the molecule is CNc1cc(CCO)ccc1/C=C/C=O. The largest absolute Gasteiger partial charge is 0.396 e. The number of anilines is 1. The molecule has 0 saturated carbocycles. The Labute approximate surface area is 89.4 Å². The van der Waals surface area contributed by atoms with E-state index in [1.165, 1.54) is 6.08 Å². The van der Waals surface area contributed by atoms with Gasteiger partial charge in [0, 0.05) is 19.3 Å². The fourth-order valence-electron chi connectivity index (χ4n) is 1.39. The number of aliphatic hydroxyl groups is 1. The first-order valence-electron chi connectivity index (χ1n) is 4.85. The van der Waals surface area contributed by atoms with Crippen LogP contribution in [0.4, 0.5) is 5.69 Å². The zero-order valence-corrected chi connectivity index (χ0v) is 8.73. The van der Waals surface area contributed by atoms with Crippen molar-refractivity contribution in [3.05, 3.63) is 35.4 Å². The van der Waals surface area contributed by atoms with Crippen molar-refractivity contribution in [1.29, 1.82) is 0 Å². The number of nitrogens with one attached hydrogen (secondary N) is 1. The highest BCUT2D eigenvalue weighted by Gasteiger charge is 1.99. The zero-order chi connectivity index (χ0) is 11.1. The van der Waals surface area contributed by atoms with E-state index in [2.05, 4.69) is 5.32 Å². The van der Waals surface area contributed by atoms with E-state index in [1.807, 2.05) is 25.2 Å². The van der Waals surface area contributed by atoms with E-state index < -0.39 is 0 Å². The molecule has 80 valence electrons. The van der Waals surface area contributed by atoms with Crippen LogP contribution in [0.5, 0.6) is 0 Å². The van der Waals surface area contributed by atoms with Gasteiger partial charge < -0.3 is 10.4 Å². The predicted molar refractivity (Wildman–Crippen MR) is 61.9 cm³/mol. The highest BCUT2D eigenvalue weighted by Crippen LogP contribution is 2.19. The number of carbonyl (C=O) groups is 1. The maximum atomic E-state index is 10.2. The molecule has 0 aliphatic carbocycles. The molecule has 0 bridgehead atoms. The van der Waals surface area contributed by atoms with Crippen molar-refractivity contribution in [3.63, 3.8) is 0 Å². The molecule has 0 saturated heterocycles. The lowest BCUT2D eigenvalue weighted by Crippen LogP contribution is -1.96. The highest BCUT2D eigenvalue weighted by molar-refractivity contribution is 5.78. The summed E-state index contributed by atoms with van der Waals surface area (Å²) in [6.07, 6.45) is 4.61. The van der Waals surface area contributed by atoms with Gasteiger partial charge in [0.1, 0.15) is 6.29 Å². The van der Waals surface area contributed by atoms with Gasteiger partial charge in [-0.25, -0.2) is 0 Å². The van der Waals surface area contributed by atoms with Gasteiger partial charge in [0.05, 0.1) is 0 Å². The minimum Gasteiger partial charge on any atom is -0.396 e. The Kier molecular flexibility index (Phi) is 4.57. The van der Waals surface area contributed by atoms with Gasteiger partial charge >= 0.3 is 0 Å². The lowest BCUT2D eigenvalue weighted by atomic mass is 10.1. The van der Waals surface area contributed by atoms with Crippen molar-refractivity contribution in [2.45, 2.75) is 6.42 Å². The lowest BCUT2D eigenvalue weighted by molar-refractivity contribution is -0.104. The smallest absolute Gasteiger partial charge is 0.142 e. The third-order valence-electron chi connectivity index (χ3n) is 2.14. The minimum absolute atomic E-state index is 0.146. The Morgan fingerprint density at radius 2 is 2.27 bits per heavy atom. The lowest BCUT2D eigenvalue weighted by Gasteiger charge is -2.07. The molecule has 0 amide bonds. The molecular weight excluding hydrogens is 190 g/mol. The molecule has 1 rings (SSSR count). The van der Waals surface area contributed by atoms with E-state index >= 15 is 0 Å². The number of hydrogen-bond acceptors (Lipinski definition) is 3. The molecule has 1 aromatic rings. The van der Waals surface area contributed by atoms with E-state index in [9.17, 15) is 4.79 Å². The molecule has 0 heterocycles. The van der Waals surface area contributed by atoms with Gasteiger partial charge in [0.15, 0.2) is 0 Å². The average molecular weight is 205 g/mol. The van der Waals surface area contributed by atoms with Crippen molar-refractivity contribution in [1.82, 2.24) is 0 Å². The monoisotopic (exact) mass is 205 g/mol. The van der Waals surface area contributed by atoms with Gasteiger partial charge in [0.25, 0.3) is 0 Å². The summed E-state index contributed by atoms with van der Waals surface area (Å²) in [6.45, 7) is 0.146. The van der Waals surface area contributed by atoms with Gasteiger partial charge in [-0.3, -0.25) is 4.79 Å². The van der Waals surface area contributed by atoms with Gasteiger partial charge in [-0.15, -0.1) is 0 Å². The van der Waals surface area contributed by atoms with Gasteiger partial charge in [0.2, 0.25) is 0 Å². The minimum atomic E-state index is 0.146. The summed E-state index contributed by atoms with van der Waals surface area (Å²) < 4.78 is 0. The van der Waals surface area contributed by atoms with Crippen LogP contribution < -0.4 is 5.32 Å². The Morgan fingerprint density at radius 1 is 1.47 bits per heavy atom. The number of rotatable bonds is 5. The Bertz CT molecular complexity index is 359. The fourth-order valence-corrected chi connectivity index (χ4v) is 1.39. The van der Waals surface area contributed by atoms with Crippen LogP contribution >= 0.6 is 0 Å². The van der Waals surface area contributed by atoms with Crippen molar-refractivity contribution in [2.24, 2.45) is 0 Å². The van der Waals surface area contributed by atoms with Crippen LogP contribution in [-0.4, -0.2) is 25.0 Å². The summed E-state index contributed by atoms with van der Waals surface area (Å²) in [7, 11) is 1.83. The molecule has 0 unspecified atom stereocenters. The van der Waals surface area contributed by atoms with Crippen LogP contribution in [0.25, 0.3) is 6.08 Å². The Hall–Kier alpha value is -1.61. The first-order valence-corrected chi connectivity index (χ1v) is 4.85. The number of allylic oxidation sites excluding steroid dienone is 1. The molecule has 0 fully saturated rings. The van der Waals surface area contributed by atoms with Crippen LogP contribution in [-0.2, 0) is 11.2 Å². The second kappa shape index (κ2) is 5.98. The Balaban J connectivity index is 2.97. The maximum absolute atomic E-state index is 10.2. The first-order chi connectivity index (χ1) is 7.31. The zero-order valence-electron chi connectivity index (χ0n) is 8.73. The number of carbonyl (C=O) groups excluding carboxylic acids is 1. The van der Waals surface area contributed by atoms with E-state index in [0.717, 1.165) is 23.1 Å². The van der Waals surface area contributed by atoms with Gasteiger partial charge in [-0.05, 0) is 35.8 Å². The summed E-state index contributed by atoms with van der Waals surface area (Å²) in [6, 6.07) is 5.85. The van der Waals surface area contributed by atoms with Gasteiger partial charge in [-0.2, -0.15) is 0 Å². The van der Waals surface area contributed by atoms with Crippen LogP contribution in [0.2, 0.25) is 0 Å². The molecule has 0 radical (unpaired) electrons. The molecule has 3 nitrogen and oxygen atoms in total. The third kappa shape index (κ3) is 3.22. The number of benzene rings is 1. The second-order valence-electron chi connectivity index (χ2n) is 3.14. The van der Waals surface area contributed by atoms with Gasteiger partial charge in [-0.1, -0.05) is 12.1 Å². The molecule has 0 aromatic heterocycles. The summed E-state index contributed by atoms with van der Waals surface area (Å²) in [5, 5.41) is 11.9. The average Bonchev–Trinajstić information content (AvgIpc) is 2.27. The van der Waals surface area contributed by atoms with E-state index in [0.29, 0.717) is 6.42 Å². The number of aldehydes is 1. The van der Waals surface area contributed by atoms with Crippen molar-refractivity contribution in [2.75, 3.05) is 19.0 Å². The fraction of sp³-hybridized carbons (Fsp3) is 0.250. The maximum Gasteiger partial charge on any atom is 0.142 e. The molecule has 0 atom stereocenters. The van der Waals surface area contributed by atoms with Crippen LogP contribution in [0.3, 0.4) is 0 Å². The first kappa shape index (κ1) is 11.5. The summed E-state index contributed by atoms with van der Waals surface area (Å²) in [4.78, 5) is 10.2. The van der Waals surface area contributed by atoms with E-state index in [1.54, 1.807) is 6.08 Å². The number of aliphatic hydroxyl groups excluding tert-OH is 1. The highest BCUT2D eigenvalue weighted by atomic mass is 16.2. The molecule has 1 aromatic carbocycles. The Morgan fingerprint density at radius 3 is 2.87 bits per heavy atom.